The monoisotopic (exact) mass is 641 g/mol. The van der Waals surface area contributed by atoms with Gasteiger partial charge in [-0.2, -0.15) is 28.2 Å². The number of sulfonamides is 1. The second-order valence-electron chi connectivity index (χ2n) is 10.0. The lowest BCUT2D eigenvalue weighted by atomic mass is 9.99. The Morgan fingerprint density at radius 1 is 1.02 bits per heavy atom. The Morgan fingerprint density at radius 3 is 2.60 bits per heavy atom. The van der Waals surface area contributed by atoms with E-state index in [0.29, 0.717) is 35.0 Å². The number of alkyl halides is 3. The average molecular weight is 642 g/mol. The number of carbonyl (C=O) groups excluding carboxylic acids is 1. The molecule has 6 N–H and O–H groups in total. The van der Waals surface area contributed by atoms with E-state index in [9.17, 15) is 30.8 Å². The molecule has 2 amide bonds. The minimum absolute atomic E-state index is 0.00655. The molecule has 12 nitrogen and oxygen atoms in total. The van der Waals surface area contributed by atoms with Crippen LogP contribution in [0.15, 0.2) is 77.8 Å². The summed E-state index contributed by atoms with van der Waals surface area (Å²) in [6.07, 6.45) is -2.96. The molecule has 0 spiro atoms. The van der Waals surface area contributed by atoms with Crippen LogP contribution >= 0.6 is 0 Å². The Labute approximate surface area is 252 Å². The minimum atomic E-state index is -4.93. The lowest BCUT2D eigenvalue weighted by Crippen LogP contribution is -2.45. The lowest BCUT2D eigenvalue weighted by Gasteiger charge is -2.36. The third-order valence-electron chi connectivity index (χ3n) is 7.02. The molecule has 232 valence electrons. The molecule has 2 aromatic heterocycles. The number of amides is 2. The quantitative estimate of drug-likeness (QED) is 0.162. The highest BCUT2D eigenvalue weighted by molar-refractivity contribution is 7.92. The predicted octanol–water partition coefficient (Wildman–Crippen LogP) is 4.97. The van der Waals surface area contributed by atoms with Gasteiger partial charge in [-0.05, 0) is 48.4 Å². The zero-order valence-electron chi connectivity index (χ0n) is 22.9. The Balaban J connectivity index is 1.26. The van der Waals surface area contributed by atoms with Crippen LogP contribution in [-0.2, 0) is 22.6 Å². The Hall–Kier alpha value is -5.45. The topological polar surface area (TPSA) is 171 Å². The number of aromatic nitrogens is 4. The van der Waals surface area contributed by atoms with E-state index in [2.05, 4.69) is 30.8 Å². The highest BCUT2D eigenvalue weighted by Gasteiger charge is 2.36. The van der Waals surface area contributed by atoms with Crippen molar-refractivity contribution in [3.8, 4) is 0 Å². The van der Waals surface area contributed by atoms with Crippen LogP contribution in [0.5, 0.6) is 0 Å². The molecule has 1 unspecified atom stereocenters. The number of hydrogen-bond acceptors (Lipinski definition) is 8. The summed E-state index contributed by atoms with van der Waals surface area (Å²) in [4.78, 5) is 20.7. The third-order valence-corrected chi connectivity index (χ3v) is 8.79. The first kappa shape index (κ1) is 29.6. The van der Waals surface area contributed by atoms with Gasteiger partial charge >= 0.3 is 12.2 Å². The summed E-state index contributed by atoms with van der Waals surface area (Å²) in [5, 5.41) is 14.7. The maximum atomic E-state index is 14.2. The number of carbonyl (C=O) groups is 1. The van der Waals surface area contributed by atoms with Gasteiger partial charge in [-0.15, -0.1) is 0 Å². The highest BCUT2D eigenvalue weighted by Crippen LogP contribution is 2.37. The van der Waals surface area contributed by atoms with E-state index in [1.54, 1.807) is 24.3 Å². The van der Waals surface area contributed by atoms with Crippen LogP contribution < -0.4 is 26.0 Å². The van der Waals surface area contributed by atoms with Gasteiger partial charge in [0.15, 0.2) is 5.65 Å². The summed E-state index contributed by atoms with van der Waals surface area (Å²) in [5.74, 6) is -0.928. The second-order valence-corrected chi connectivity index (χ2v) is 11.9. The molecule has 3 aromatic carbocycles. The second kappa shape index (κ2) is 11.2. The van der Waals surface area contributed by atoms with Gasteiger partial charge in [-0.3, -0.25) is 9.40 Å². The van der Waals surface area contributed by atoms with Crippen molar-refractivity contribution in [1.82, 2.24) is 20.2 Å². The molecule has 1 aliphatic heterocycles. The number of nitrogen functional groups attached to an aromatic ring is 1. The van der Waals surface area contributed by atoms with Crippen LogP contribution in [0.4, 0.5) is 51.2 Å². The first-order valence-corrected chi connectivity index (χ1v) is 14.7. The van der Waals surface area contributed by atoms with E-state index < -0.39 is 45.3 Å². The fourth-order valence-corrected chi connectivity index (χ4v) is 6.65. The van der Waals surface area contributed by atoms with Crippen LogP contribution in [0.3, 0.4) is 0 Å². The van der Waals surface area contributed by atoms with Crippen molar-refractivity contribution in [2.45, 2.75) is 23.5 Å². The molecule has 45 heavy (non-hydrogen) atoms. The Kier molecular flexibility index (Phi) is 7.39. The molecule has 3 heterocycles. The molecule has 0 saturated carbocycles. The molecular formula is C28H23F4N9O3S. The zero-order valence-corrected chi connectivity index (χ0v) is 23.7. The molecule has 0 saturated heterocycles. The third kappa shape index (κ3) is 5.88. The number of hydrogen-bond donors (Lipinski definition) is 5. The molecule has 1 atom stereocenters. The van der Waals surface area contributed by atoms with E-state index in [-0.39, 0.29) is 23.1 Å². The number of nitrogens with one attached hydrogen (secondary N) is 4. The summed E-state index contributed by atoms with van der Waals surface area (Å²) < 4.78 is 83.6. The normalized spacial score (nSPS) is 15.0. The number of anilines is 5. The number of H-pyrrole nitrogens is 1. The van der Waals surface area contributed by atoms with E-state index in [1.165, 1.54) is 28.7 Å². The van der Waals surface area contributed by atoms with Gasteiger partial charge in [0.1, 0.15) is 11.6 Å². The number of rotatable bonds is 6. The van der Waals surface area contributed by atoms with Crippen molar-refractivity contribution in [2.75, 3.05) is 32.5 Å². The van der Waals surface area contributed by atoms with Crippen molar-refractivity contribution >= 4 is 55.9 Å². The van der Waals surface area contributed by atoms with Crippen LogP contribution in [0.25, 0.3) is 11.0 Å². The molecule has 17 heteroatoms. The minimum Gasteiger partial charge on any atom is -0.368 e. The first-order chi connectivity index (χ1) is 21.4. The van der Waals surface area contributed by atoms with E-state index in [0.717, 1.165) is 23.8 Å². The van der Waals surface area contributed by atoms with Gasteiger partial charge in [0.05, 0.1) is 46.0 Å². The summed E-state index contributed by atoms with van der Waals surface area (Å²) in [7, 11) is -4.25. The Bertz CT molecular complexity index is 2040. The number of nitrogens with two attached hydrogens (primary N) is 1. The van der Waals surface area contributed by atoms with Gasteiger partial charge < -0.3 is 21.7 Å². The molecule has 0 radical (unpaired) electrons. The Morgan fingerprint density at radius 2 is 1.80 bits per heavy atom. The van der Waals surface area contributed by atoms with Gasteiger partial charge in [0.2, 0.25) is 5.95 Å². The van der Waals surface area contributed by atoms with Crippen LogP contribution in [0.2, 0.25) is 0 Å². The van der Waals surface area contributed by atoms with Crippen molar-refractivity contribution in [3.05, 3.63) is 89.9 Å². The SMILES string of the molecule is Nc1nc(NC2Cc3ccccc3N(S(=O)(=O)c3cccc(NC(=O)Nc4c(F)cccc4C(F)(F)F)c3)C2)c2cn[nH]c2n1. The highest BCUT2D eigenvalue weighted by atomic mass is 32.2. The standard InChI is InChI=1S/C28H23F4N9O3S/c29-21-9-4-8-20(28(30,31)32)23(21)37-27(42)36-16-6-3-7-18(12-16)45(43,44)41-14-17(11-15-5-1-2-10-22(15)41)35-24-19-13-34-40-25(19)39-26(33)38-24/h1-10,12-13,17H,11,14H2,(H2,36,37,42)(H4,33,34,35,38,39,40). The number of fused-ring (bicyclic) bond motifs is 2. The molecule has 0 fully saturated rings. The zero-order chi connectivity index (χ0) is 31.9. The van der Waals surface area contributed by atoms with Gasteiger partial charge in [-0.25, -0.2) is 17.6 Å². The van der Waals surface area contributed by atoms with Crippen LogP contribution in [0, 0.1) is 5.82 Å². The largest absolute Gasteiger partial charge is 0.418 e. The smallest absolute Gasteiger partial charge is 0.368 e. The fraction of sp³-hybridized carbons (Fsp3) is 0.143. The summed E-state index contributed by atoms with van der Waals surface area (Å²) in [5.41, 5.74) is 4.93. The van der Waals surface area contributed by atoms with E-state index in [1.807, 2.05) is 5.32 Å². The van der Waals surface area contributed by atoms with Gasteiger partial charge in [0.25, 0.3) is 10.0 Å². The van der Waals surface area contributed by atoms with Crippen molar-refractivity contribution in [1.29, 1.82) is 0 Å². The summed E-state index contributed by atoms with van der Waals surface area (Å²) in [6, 6.07) is 12.7. The molecule has 5 aromatic rings. The predicted molar refractivity (Wildman–Crippen MR) is 159 cm³/mol. The lowest BCUT2D eigenvalue weighted by molar-refractivity contribution is -0.137. The molecular weight excluding hydrogens is 618 g/mol. The first-order valence-electron chi connectivity index (χ1n) is 13.3. The van der Waals surface area contributed by atoms with Crippen molar-refractivity contribution in [3.63, 3.8) is 0 Å². The molecule has 0 aliphatic carbocycles. The van der Waals surface area contributed by atoms with Crippen molar-refractivity contribution in [2.24, 2.45) is 0 Å². The summed E-state index contributed by atoms with van der Waals surface area (Å²) in [6.45, 7) is -0.0196. The maximum Gasteiger partial charge on any atom is 0.418 e. The average Bonchev–Trinajstić information content (AvgIpc) is 3.46. The molecule has 6 rings (SSSR count). The molecule has 1 aliphatic rings. The number of halogens is 4. The fourth-order valence-electron chi connectivity index (χ4n) is 5.06. The molecule has 0 bridgehead atoms. The van der Waals surface area contributed by atoms with E-state index in [4.69, 9.17) is 5.73 Å². The van der Waals surface area contributed by atoms with Crippen LogP contribution in [0.1, 0.15) is 11.1 Å². The maximum absolute atomic E-state index is 14.2. The number of benzene rings is 3. The number of nitrogens with zero attached hydrogens (tertiary/aromatic N) is 4. The number of urea groups is 1. The van der Waals surface area contributed by atoms with Crippen molar-refractivity contribution < 1.29 is 30.8 Å². The van der Waals surface area contributed by atoms with Crippen LogP contribution in [-0.4, -0.2) is 47.2 Å². The number of aromatic amines is 1. The summed E-state index contributed by atoms with van der Waals surface area (Å²) >= 11 is 0. The van der Waals surface area contributed by atoms with E-state index >= 15 is 0 Å². The van der Waals surface area contributed by atoms with Gasteiger partial charge in [0, 0.05) is 5.69 Å². The van der Waals surface area contributed by atoms with Gasteiger partial charge in [-0.1, -0.05) is 30.3 Å². The number of para-hydroxylation sites is 2.